The summed E-state index contributed by atoms with van der Waals surface area (Å²) in [6, 6.07) is 18.2. The molecule has 2 aliphatic rings. The van der Waals surface area contributed by atoms with Crippen molar-refractivity contribution >= 4 is 33.1 Å². The Hall–Kier alpha value is -3.32. The second-order valence-electron chi connectivity index (χ2n) is 8.46. The maximum atomic E-state index is 14.0. The number of methoxy groups -OCH3 is 2. The van der Waals surface area contributed by atoms with Gasteiger partial charge in [0.25, 0.3) is 0 Å². The van der Waals surface area contributed by atoms with Crippen LogP contribution < -0.4 is 20.1 Å². The molecule has 0 saturated heterocycles. The molecule has 0 radical (unpaired) electrons. The molecule has 2 atom stereocenters. The van der Waals surface area contributed by atoms with E-state index in [1.807, 2.05) is 42.5 Å². The zero-order chi connectivity index (χ0) is 23.8. The molecule has 5 nitrogen and oxygen atoms in total. The van der Waals surface area contributed by atoms with E-state index in [4.69, 9.17) is 9.47 Å². The molecule has 0 bridgehead atoms. The molecule has 5 rings (SSSR count). The van der Waals surface area contributed by atoms with Crippen LogP contribution in [0.4, 0.5) is 15.8 Å². The predicted octanol–water partition coefficient (Wildman–Crippen LogP) is 6.58. The zero-order valence-corrected chi connectivity index (χ0v) is 20.4. The lowest BCUT2D eigenvalue weighted by atomic mass is 9.78. The van der Waals surface area contributed by atoms with Crippen molar-refractivity contribution in [1.29, 1.82) is 0 Å². The molecular formula is C27H24BrFN2O3. The number of benzene rings is 3. The van der Waals surface area contributed by atoms with Gasteiger partial charge in [-0.1, -0.05) is 24.3 Å². The first-order valence-electron chi connectivity index (χ1n) is 11.0. The van der Waals surface area contributed by atoms with E-state index >= 15 is 0 Å². The Kier molecular flexibility index (Phi) is 6.04. The van der Waals surface area contributed by atoms with Crippen molar-refractivity contribution < 1.29 is 18.7 Å². The highest BCUT2D eigenvalue weighted by Gasteiger charge is 2.36. The fourth-order valence-corrected chi connectivity index (χ4v) is 5.17. The molecule has 0 spiro atoms. The third-order valence-electron chi connectivity index (χ3n) is 6.46. The maximum absolute atomic E-state index is 14.0. The van der Waals surface area contributed by atoms with Crippen molar-refractivity contribution in [2.24, 2.45) is 0 Å². The molecule has 34 heavy (non-hydrogen) atoms. The number of anilines is 2. The zero-order valence-electron chi connectivity index (χ0n) is 18.8. The molecule has 0 unspecified atom stereocenters. The lowest BCUT2D eigenvalue weighted by Gasteiger charge is -2.30. The molecule has 7 heteroatoms. The Morgan fingerprint density at radius 2 is 1.65 bits per heavy atom. The van der Waals surface area contributed by atoms with Gasteiger partial charge in [0.05, 0.1) is 36.1 Å². The van der Waals surface area contributed by atoms with E-state index in [1.54, 1.807) is 26.4 Å². The van der Waals surface area contributed by atoms with Crippen molar-refractivity contribution in [2.75, 3.05) is 24.9 Å². The Labute approximate surface area is 206 Å². The van der Waals surface area contributed by atoms with Crippen LogP contribution in [-0.2, 0) is 4.79 Å². The predicted molar refractivity (Wildman–Crippen MR) is 134 cm³/mol. The van der Waals surface area contributed by atoms with E-state index in [1.165, 1.54) is 6.07 Å². The van der Waals surface area contributed by atoms with Crippen LogP contribution in [0, 0.1) is 5.82 Å². The number of hydrogen-bond acceptors (Lipinski definition) is 5. The first-order chi connectivity index (χ1) is 16.5. The number of halogens is 2. The van der Waals surface area contributed by atoms with Gasteiger partial charge in [-0.3, -0.25) is 4.79 Å². The van der Waals surface area contributed by atoms with E-state index in [-0.39, 0.29) is 17.5 Å². The molecule has 1 aliphatic carbocycles. The largest absolute Gasteiger partial charge is 0.493 e. The topological polar surface area (TPSA) is 59.6 Å². The van der Waals surface area contributed by atoms with Gasteiger partial charge in [0, 0.05) is 17.7 Å². The first kappa shape index (κ1) is 22.5. The lowest BCUT2D eigenvalue weighted by Crippen LogP contribution is -2.27. The third kappa shape index (κ3) is 4.05. The molecule has 1 heterocycles. The van der Waals surface area contributed by atoms with Crippen LogP contribution in [-0.4, -0.2) is 20.0 Å². The van der Waals surface area contributed by atoms with Crippen LogP contribution in [0.1, 0.15) is 35.9 Å². The molecule has 0 aromatic heterocycles. The first-order valence-corrected chi connectivity index (χ1v) is 11.8. The number of fused-ring (bicyclic) bond motifs is 1. The average molecular weight is 523 g/mol. The minimum atomic E-state index is -0.401. The highest BCUT2D eigenvalue weighted by Crippen LogP contribution is 2.45. The van der Waals surface area contributed by atoms with Crippen LogP contribution in [0.3, 0.4) is 0 Å². The fraction of sp³-hybridized carbons (Fsp3) is 0.222. The van der Waals surface area contributed by atoms with Gasteiger partial charge in [-0.15, -0.1) is 0 Å². The van der Waals surface area contributed by atoms with Crippen LogP contribution in [0.2, 0.25) is 0 Å². The minimum Gasteiger partial charge on any atom is -0.493 e. The summed E-state index contributed by atoms with van der Waals surface area (Å²) in [5.74, 6) is 1.00. The van der Waals surface area contributed by atoms with Crippen molar-refractivity contribution in [3.8, 4) is 11.5 Å². The number of ether oxygens (including phenoxy) is 2. The number of allylic oxidation sites excluding steroid dienone is 1. The van der Waals surface area contributed by atoms with E-state index in [0.717, 1.165) is 28.2 Å². The summed E-state index contributed by atoms with van der Waals surface area (Å²) in [7, 11) is 3.21. The monoisotopic (exact) mass is 522 g/mol. The molecule has 0 amide bonds. The SMILES string of the molecule is COc1ccc([C@H]2CC(=O)C3=C(C2)Nc2ccccc2N[C@@H]3c2ccc(F)c(Br)c2)cc1OC. The number of ketones is 1. The molecule has 0 fully saturated rings. The molecule has 3 aromatic carbocycles. The summed E-state index contributed by atoms with van der Waals surface area (Å²) >= 11 is 3.29. The van der Waals surface area contributed by atoms with Gasteiger partial charge in [-0.2, -0.15) is 0 Å². The van der Waals surface area contributed by atoms with Crippen LogP contribution in [0.15, 0.2) is 76.4 Å². The van der Waals surface area contributed by atoms with Crippen molar-refractivity contribution in [1.82, 2.24) is 0 Å². The van der Waals surface area contributed by atoms with Crippen molar-refractivity contribution in [2.45, 2.75) is 24.8 Å². The van der Waals surface area contributed by atoms with E-state index in [2.05, 4.69) is 26.6 Å². The van der Waals surface area contributed by atoms with Gasteiger partial charge in [-0.25, -0.2) is 4.39 Å². The van der Waals surface area contributed by atoms with E-state index < -0.39 is 6.04 Å². The summed E-state index contributed by atoms with van der Waals surface area (Å²) in [6.45, 7) is 0. The quantitative estimate of drug-likeness (QED) is 0.405. The summed E-state index contributed by atoms with van der Waals surface area (Å²) in [6.07, 6.45) is 1.03. The summed E-state index contributed by atoms with van der Waals surface area (Å²) in [5.41, 5.74) is 5.19. The number of carbonyl (C=O) groups is 1. The van der Waals surface area contributed by atoms with E-state index in [0.29, 0.717) is 34.4 Å². The second-order valence-corrected chi connectivity index (χ2v) is 9.31. The number of Topliss-reactive ketones (excluding diaryl/α,β-unsaturated/α-hetero) is 1. The van der Waals surface area contributed by atoms with Gasteiger partial charge >= 0.3 is 0 Å². The van der Waals surface area contributed by atoms with E-state index in [9.17, 15) is 9.18 Å². The smallest absolute Gasteiger partial charge is 0.163 e. The van der Waals surface area contributed by atoms with Gasteiger partial charge in [-0.05, 0) is 75.8 Å². The molecule has 1 aliphatic heterocycles. The average Bonchev–Trinajstić information content (AvgIpc) is 3.02. The third-order valence-corrected chi connectivity index (χ3v) is 7.07. The van der Waals surface area contributed by atoms with Gasteiger partial charge in [0.15, 0.2) is 17.3 Å². The normalized spacial score (nSPS) is 19.4. The van der Waals surface area contributed by atoms with Crippen LogP contribution in [0.25, 0.3) is 0 Å². The van der Waals surface area contributed by atoms with Gasteiger partial charge in [0.1, 0.15) is 5.82 Å². The standard InChI is InChI=1S/C27H24BrFN2O3/c1-33-24-10-8-15(14-25(24)34-2)17-12-22-26(23(32)13-17)27(16-7-9-19(29)18(28)11-16)31-21-6-4-3-5-20(21)30-22/h3-11,14,17,27,30-31H,12-13H2,1-2H3/t17-,27-/m1/s1. The second kappa shape index (κ2) is 9.14. The maximum Gasteiger partial charge on any atom is 0.163 e. The fourth-order valence-electron chi connectivity index (χ4n) is 4.78. The van der Waals surface area contributed by atoms with Crippen LogP contribution >= 0.6 is 15.9 Å². The molecule has 0 saturated carbocycles. The van der Waals surface area contributed by atoms with Crippen LogP contribution in [0.5, 0.6) is 11.5 Å². The summed E-state index contributed by atoms with van der Waals surface area (Å²) < 4.78 is 25.2. The molecular weight excluding hydrogens is 499 g/mol. The number of nitrogens with one attached hydrogen (secondary N) is 2. The molecule has 174 valence electrons. The van der Waals surface area contributed by atoms with Gasteiger partial charge < -0.3 is 20.1 Å². The Balaban J connectivity index is 1.59. The molecule has 3 aromatic rings. The number of para-hydroxylation sites is 2. The highest BCUT2D eigenvalue weighted by molar-refractivity contribution is 9.10. The Morgan fingerprint density at radius 3 is 2.38 bits per heavy atom. The lowest BCUT2D eigenvalue weighted by molar-refractivity contribution is -0.116. The minimum absolute atomic E-state index is 0.00979. The molecule has 2 N–H and O–H groups in total. The summed E-state index contributed by atoms with van der Waals surface area (Å²) in [5, 5.41) is 7.04. The Morgan fingerprint density at radius 1 is 0.912 bits per heavy atom. The van der Waals surface area contributed by atoms with Crippen molar-refractivity contribution in [3.05, 3.63) is 93.4 Å². The van der Waals surface area contributed by atoms with Crippen molar-refractivity contribution in [3.63, 3.8) is 0 Å². The number of rotatable bonds is 4. The highest BCUT2D eigenvalue weighted by atomic mass is 79.9. The Bertz CT molecular complexity index is 1310. The number of hydrogen-bond donors (Lipinski definition) is 2. The number of carbonyl (C=O) groups excluding carboxylic acids is 1. The van der Waals surface area contributed by atoms with Gasteiger partial charge in [0.2, 0.25) is 0 Å². The summed E-state index contributed by atoms with van der Waals surface area (Å²) in [4.78, 5) is 13.6.